The van der Waals surface area contributed by atoms with Crippen molar-refractivity contribution < 1.29 is 15.0 Å². The number of hydrogen-bond acceptors (Lipinski definition) is 4. The zero-order valence-corrected chi connectivity index (χ0v) is 15.7. The van der Waals surface area contributed by atoms with Gasteiger partial charge in [0.25, 0.3) is 11.6 Å². The molecule has 1 atom stereocenters. The van der Waals surface area contributed by atoms with Crippen molar-refractivity contribution in [1.82, 2.24) is 0 Å². The van der Waals surface area contributed by atoms with Crippen molar-refractivity contribution in [2.45, 2.75) is 6.04 Å². The van der Waals surface area contributed by atoms with Gasteiger partial charge >= 0.3 is 0 Å². The highest BCUT2D eigenvalue weighted by molar-refractivity contribution is 7.10. The van der Waals surface area contributed by atoms with Crippen molar-refractivity contribution in [3.05, 3.63) is 91.6 Å². The molecule has 3 rings (SSSR count). The van der Waals surface area contributed by atoms with Crippen LogP contribution in [0.25, 0.3) is 0 Å². The van der Waals surface area contributed by atoms with Crippen molar-refractivity contribution in [1.29, 1.82) is 0 Å². The van der Waals surface area contributed by atoms with Gasteiger partial charge in [0.1, 0.15) is 11.7 Å². The van der Waals surface area contributed by atoms with Crippen molar-refractivity contribution in [3.8, 4) is 0 Å². The second kappa shape index (κ2) is 8.77. The SMILES string of the molecule is O=C(C[NH2+][C@H](c1ccccc1)c1cccs1)Nc1cc(Cl)ccc1[N+](=O)[O-]. The summed E-state index contributed by atoms with van der Waals surface area (Å²) in [6.07, 6.45) is 0. The zero-order valence-electron chi connectivity index (χ0n) is 14.2. The number of carbonyl (C=O) groups excluding carboxylic acids is 1. The van der Waals surface area contributed by atoms with Gasteiger partial charge in [0.05, 0.1) is 9.80 Å². The molecule has 3 N–H and O–H groups in total. The van der Waals surface area contributed by atoms with Crippen LogP contribution in [0.15, 0.2) is 66.0 Å². The summed E-state index contributed by atoms with van der Waals surface area (Å²) in [5.41, 5.74) is 0.991. The lowest BCUT2D eigenvalue weighted by atomic mass is 10.1. The molecule has 1 aromatic heterocycles. The summed E-state index contributed by atoms with van der Waals surface area (Å²) >= 11 is 7.52. The third-order valence-corrected chi connectivity index (χ3v) is 5.17. The summed E-state index contributed by atoms with van der Waals surface area (Å²) in [5.74, 6) is -0.335. The second-order valence-corrected chi connectivity index (χ2v) is 7.23. The smallest absolute Gasteiger partial charge is 0.292 e. The first-order chi connectivity index (χ1) is 13.0. The van der Waals surface area contributed by atoms with Gasteiger partial charge < -0.3 is 10.6 Å². The number of halogens is 1. The summed E-state index contributed by atoms with van der Waals surface area (Å²) in [5, 5.41) is 17.9. The number of anilines is 1. The fourth-order valence-corrected chi connectivity index (χ4v) is 3.76. The zero-order chi connectivity index (χ0) is 19.2. The van der Waals surface area contributed by atoms with Gasteiger partial charge in [0, 0.05) is 16.7 Å². The maximum absolute atomic E-state index is 12.4. The Bertz CT molecular complexity index is 933. The third-order valence-electron chi connectivity index (χ3n) is 3.98. The van der Waals surface area contributed by atoms with Crippen molar-refractivity contribution >= 4 is 40.2 Å². The molecule has 1 heterocycles. The Labute approximate surface area is 164 Å². The molecule has 6 nitrogen and oxygen atoms in total. The van der Waals surface area contributed by atoms with Crippen molar-refractivity contribution in [2.75, 3.05) is 11.9 Å². The van der Waals surface area contributed by atoms with Gasteiger partial charge in [-0.1, -0.05) is 48.0 Å². The van der Waals surface area contributed by atoms with Gasteiger partial charge in [0.2, 0.25) is 0 Å². The molecule has 0 fully saturated rings. The normalized spacial score (nSPS) is 11.7. The molecular weight excluding hydrogens is 386 g/mol. The molecule has 0 saturated carbocycles. The molecular formula is C19H17ClN3O3S+. The molecule has 2 aromatic carbocycles. The van der Waals surface area contributed by atoms with Gasteiger partial charge in [0.15, 0.2) is 6.54 Å². The van der Waals surface area contributed by atoms with E-state index in [1.165, 1.54) is 18.2 Å². The van der Waals surface area contributed by atoms with Gasteiger partial charge in [-0.15, -0.1) is 11.3 Å². The minimum atomic E-state index is -0.548. The maximum atomic E-state index is 12.4. The van der Waals surface area contributed by atoms with E-state index in [9.17, 15) is 14.9 Å². The van der Waals surface area contributed by atoms with E-state index in [0.717, 1.165) is 10.4 Å². The Kier molecular flexibility index (Phi) is 6.18. The largest absolute Gasteiger partial charge is 0.328 e. The van der Waals surface area contributed by atoms with Crippen LogP contribution in [0.4, 0.5) is 11.4 Å². The number of thiophene rings is 1. The van der Waals surface area contributed by atoms with Crippen LogP contribution in [-0.4, -0.2) is 17.4 Å². The minimum Gasteiger partial charge on any atom is -0.328 e. The first-order valence-corrected chi connectivity index (χ1v) is 9.46. The molecule has 0 radical (unpaired) electrons. The number of quaternary nitrogens is 1. The number of nitro groups is 1. The fourth-order valence-electron chi connectivity index (χ4n) is 2.74. The lowest BCUT2D eigenvalue weighted by molar-refractivity contribution is -0.675. The van der Waals surface area contributed by atoms with E-state index < -0.39 is 4.92 Å². The van der Waals surface area contributed by atoms with Crippen molar-refractivity contribution in [2.24, 2.45) is 0 Å². The van der Waals surface area contributed by atoms with Gasteiger partial charge in [-0.3, -0.25) is 14.9 Å². The van der Waals surface area contributed by atoms with E-state index in [1.54, 1.807) is 11.3 Å². The van der Waals surface area contributed by atoms with Crippen LogP contribution in [0.2, 0.25) is 5.02 Å². The Morgan fingerprint density at radius 1 is 1.19 bits per heavy atom. The molecule has 138 valence electrons. The first kappa shape index (κ1) is 19.0. The molecule has 0 aliphatic heterocycles. The highest BCUT2D eigenvalue weighted by Gasteiger charge is 2.21. The summed E-state index contributed by atoms with van der Waals surface area (Å²) in [6.45, 7) is 0.112. The highest BCUT2D eigenvalue weighted by Crippen LogP contribution is 2.27. The number of nitrogens with two attached hydrogens (primary N) is 1. The number of amides is 1. The van der Waals surface area contributed by atoms with Crippen LogP contribution >= 0.6 is 22.9 Å². The Morgan fingerprint density at radius 2 is 1.96 bits per heavy atom. The standard InChI is InChI=1S/C19H16ClN3O3S/c20-14-8-9-16(23(25)26)15(11-14)22-18(24)12-21-19(17-7-4-10-27-17)13-5-2-1-3-6-13/h1-11,19,21H,12H2,(H,22,24)/p+1/t19-/m1/s1. The topological polar surface area (TPSA) is 88.8 Å². The summed E-state index contributed by atoms with van der Waals surface area (Å²) < 4.78 is 0. The third kappa shape index (κ3) is 4.91. The van der Waals surface area contributed by atoms with Crippen LogP contribution in [-0.2, 0) is 4.79 Å². The average molecular weight is 403 g/mol. The number of benzene rings is 2. The van der Waals surface area contributed by atoms with E-state index in [2.05, 4.69) is 5.32 Å². The number of rotatable bonds is 7. The highest BCUT2D eigenvalue weighted by atomic mass is 35.5. The van der Waals surface area contributed by atoms with Crippen LogP contribution < -0.4 is 10.6 Å². The molecule has 8 heteroatoms. The molecule has 0 aliphatic carbocycles. The maximum Gasteiger partial charge on any atom is 0.292 e. The van der Waals surface area contributed by atoms with Crippen LogP contribution in [0, 0.1) is 10.1 Å². The number of hydrogen-bond donors (Lipinski definition) is 2. The number of nitro benzene ring substituents is 1. The molecule has 1 amide bonds. The number of nitrogens with zero attached hydrogens (tertiary/aromatic N) is 1. The first-order valence-electron chi connectivity index (χ1n) is 8.20. The second-order valence-electron chi connectivity index (χ2n) is 5.81. The molecule has 27 heavy (non-hydrogen) atoms. The van der Waals surface area contributed by atoms with Gasteiger partial charge in [-0.05, 0) is 23.6 Å². The van der Waals surface area contributed by atoms with Gasteiger partial charge in [-0.2, -0.15) is 0 Å². The van der Waals surface area contributed by atoms with Crippen molar-refractivity contribution in [3.63, 3.8) is 0 Å². The molecule has 0 unspecified atom stereocenters. The predicted octanol–water partition coefficient (Wildman–Crippen LogP) is 3.60. The van der Waals surface area contributed by atoms with E-state index in [1.807, 2.05) is 53.2 Å². The molecule has 0 saturated heterocycles. The van der Waals surface area contributed by atoms with Crippen LogP contribution in [0.3, 0.4) is 0 Å². The van der Waals surface area contributed by atoms with E-state index in [0.29, 0.717) is 5.02 Å². The lowest BCUT2D eigenvalue weighted by Gasteiger charge is -2.14. The van der Waals surface area contributed by atoms with Gasteiger partial charge in [-0.25, -0.2) is 0 Å². The molecule has 0 aliphatic rings. The van der Waals surface area contributed by atoms with E-state index >= 15 is 0 Å². The Hall–Kier alpha value is -2.74. The Morgan fingerprint density at radius 3 is 2.63 bits per heavy atom. The number of carbonyl (C=O) groups is 1. The fraction of sp³-hybridized carbons (Fsp3) is 0.105. The lowest BCUT2D eigenvalue weighted by Crippen LogP contribution is -2.87. The number of nitrogens with one attached hydrogen (secondary N) is 1. The van der Waals surface area contributed by atoms with E-state index in [-0.39, 0.29) is 29.9 Å². The average Bonchev–Trinajstić information content (AvgIpc) is 3.17. The quantitative estimate of drug-likeness (QED) is 0.467. The summed E-state index contributed by atoms with van der Waals surface area (Å²) in [4.78, 5) is 24.1. The summed E-state index contributed by atoms with van der Waals surface area (Å²) in [7, 11) is 0. The van der Waals surface area contributed by atoms with E-state index in [4.69, 9.17) is 11.6 Å². The molecule has 0 spiro atoms. The monoisotopic (exact) mass is 402 g/mol. The molecule has 3 aromatic rings. The van der Waals surface area contributed by atoms with Crippen LogP contribution in [0.5, 0.6) is 0 Å². The minimum absolute atomic E-state index is 0.0219. The Balaban J connectivity index is 1.72. The predicted molar refractivity (Wildman–Crippen MR) is 106 cm³/mol. The van der Waals surface area contributed by atoms with Crippen LogP contribution in [0.1, 0.15) is 16.5 Å². The molecule has 0 bridgehead atoms. The summed E-state index contributed by atoms with van der Waals surface area (Å²) in [6, 6.07) is 17.9.